The van der Waals surface area contributed by atoms with Crippen LogP contribution in [0.25, 0.3) is 0 Å². The predicted octanol–water partition coefficient (Wildman–Crippen LogP) is 1.16. The summed E-state index contributed by atoms with van der Waals surface area (Å²) in [5.74, 6) is 0. The Balaban J connectivity index is 2.56. The third-order valence-electron chi connectivity index (χ3n) is 2.29. The van der Waals surface area contributed by atoms with Crippen molar-refractivity contribution in [3.8, 4) is 0 Å². The van der Waals surface area contributed by atoms with Crippen molar-refractivity contribution in [3.63, 3.8) is 0 Å². The van der Waals surface area contributed by atoms with Crippen molar-refractivity contribution in [2.24, 2.45) is 0 Å². The lowest BCUT2D eigenvalue weighted by molar-refractivity contribution is -0.400. The van der Waals surface area contributed by atoms with Crippen LogP contribution < -0.4 is 0 Å². The Kier molecular flexibility index (Phi) is 1.54. The summed E-state index contributed by atoms with van der Waals surface area (Å²) in [6.07, 6.45) is 1.70. The van der Waals surface area contributed by atoms with E-state index in [1.807, 2.05) is 29.8 Å². The van der Waals surface area contributed by atoms with Crippen LogP contribution in [0.15, 0.2) is 24.3 Å². The topological polar surface area (TPSA) is 20.1 Å². The first kappa shape index (κ1) is 7.22. The van der Waals surface area contributed by atoms with Gasteiger partial charge >= 0.3 is 0 Å². The normalized spacial score (nSPS) is 14.8. The molecular formula is C10H10NO+. The highest BCUT2D eigenvalue weighted by Gasteiger charge is 2.25. The maximum atomic E-state index is 10.6. The minimum Gasteiger partial charge on any atom is -0.292 e. The summed E-state index contributed by atoms with van der Waals surface area (Å²) in [6, 6.07) is 8.08. The van der Waals surface area contributed by atoms with Gasteiger partial charge in [0.05, 0.1) is 6.42 Å². The standard InChI is InChI=1S/C10H10NO/c1-11-9(7-12)6-8-4-2-3-5-10(8)11/h2-5,7H,6H2,1H3/q+1. The molecule has 1 heterocycles. The minimum absolute atomic E-state index is 0.774. The summed E-state index contributed by atoms with van der Waals surface area (Å²) in [5, 5.41) is 0. The molecule has 0 unspecified atom stereocenters. The fourth-order valence-corrected chi connectivity index (χ4v) is 1.58. The third kappa shape index (κ3) is 0.881. The smallest absolute Gasteiger partial charge is 0.226 e. The molecule has 0 saturated heterocycles. The Morgan fingerprint density at radius 2 is 2.17 bits per heavy atom. The van der Waals surface area contributed by atoms with Crippen molar-refractivity contribution in [2.75, 3.05) is 7.05 Å². The molecule has 60 valence electrons. The van der Waals surface area contributed by atoms with E-state index in [1.54, 1.807) is 0 Å². The van der Waals surface area contributed by atoms with Crippen LogP contribution in [-0.4, -0.2) is 23.6 Å². The molecule has 1 aliphatic heterocycles. The van der Waals surface area contributed by atoms with Crippen LogP contribution in [0, 0.1) is 0 Å². The first-order valence-electron chi connectivity index (χ1n) is 3.95. The molecule has 1 aliphatic rings. The van der Waals surface area contributed by atoms with Gasteiger partial charge in [0.15, 0.2) is 0 Å². The fourth-order valence-electron chi connectivity index (χ4n) is 1.58. The summed E-state index contributed by atoms with van der Waals surface area (Å²) in [5.41, 5.74) is 3.23. The van der Waals surface area contributed by atoms with Gasteiger partial charge in [0.1, 0.15) is 7.05 Å². The van der Waals surface area contributed by atoms with Crippen LogP contribution >= 0.6 is 0 Å². The summed E-state index contributed by atoms with van der Waals surface area (Å²) in [4.78, 5) is 10.6. The summed E-state index contributed by atoms with van der Waals surface area (Å²) in [7, 11) is 1.93. The molecule has 0 atom stereocenters. The molecule has 2 rings (SSSR count). The molecule has 0 saturated carbocycles. The van der Waals surface area contributed by atoms with E-state index in [0.717, 1.165) is 24.1 Å². The van der Waals surface area contributed by atoms with Crippen molar-refractivity contribution < 1.29 is 9.37 Å². The second-order valence-electron chi connectivity index (χ2n) is 2.97. The van der Waals surface area contributed by atoms with Crippen LogP contribution in [0.1, 0.15) is 5.56 Å². The Morgan fingerprint density at radius 1 is 1.42 bits per heavy atom. The van der Waals surface area contributed by atoms with Crippen LogP contribution in [0.5, 0.6) is 0 Å². The Bertz CT molecular complexity index is 366. The van der Waals surface area contributed by atoms with Gasteiger partial charge < -0.3 is 0 Å². The average Bonchev–Trinajstić information content (AvgIpc) is 2.44. The molecule has 0 fully saturated rings. The van der Waals surface area contributed by atoms with E-state index >= 15 is 0 Å². The second-order valence-corrected chi connectivity index (χ2v) is 2.97. The Hall–Kier alpha value is -1.44. The van der Waals surface area contributed by atoms with E-state index in [4.69, 9.17) is 0 Å². The largest absolute Gasteiger partial charge is 0.292 e. The lowest BCUT2D eigenvalue weighted by Gasteiger charge is -1.91. The van der Waals surface area contributed by atoms with Crippen LogP contribution in [-0.2, 0) is 11.2 Å². The maximum Gasteiger partial charge on any atom is 0.226 e. The van der Waals surface area contributed by atoms with Gasteiger partial charge in [0.25, 0.3) is 0 Å². The highest BCUT2D eigenvalue weighted by atomic mass is 16.1. The number of aldehydes is 1. The molecule has 0 amide bonds. The molecule has 1 aromatic rings. The van der Waals surface area contributed by atoms with Gasteiger partial charge in [-0.25, -0.2) is 0 Å². The van der Waals surface area contributed by atoms with Gasteiger partial charge in [-0.05, 0) is 0 Å². The quantitative estimate of drug-likeness (QED) is 0.446. The van der Waals surface area contributed by atoms with Crippen molar-refractivity contribution in [1.82, 2.24) is 0 Å². The fraction of sp³-hybridized carbons (Fsp3) is 0.200. The minimum atomic E-state index is 0.774. The Morgan fingerprint density at radius 3 is 2.83 bits per heavy atom. The monoisotopic (exact) mass is 160 g/mol. The highest BCUT2D eigenvalue weighted by molar-refractivity contribution is 6.27. The number of hydrogen-bond donors (Lipinski definition) is 0. The van der Waals surface area contributed by atoms with Crippen molar-refractivity contribution in [1.29, 1.82) is 0 Å². The van der Waals surface area contributed by atoms with Gasteiger partial charge in [-0.3, -0.25) is 4.79 Å². The molecule has 2 nitrogen and oxygen atoms in total. The lowest BCUT2D eigenvalue weighted by atomic mass is 10.1. The molecule has 0 aliphatic carbocycles. The van der Waals surface area contributed by atoms with Gasteiger partial charge in [0, 0.05) is 11.6 Å². The molecule has 0 bridgehead atoms. The molecule has 1 aromatic carbocycles. The number of hydrogen-bond acceptors (Lipinski definition) is 1. The molecule has 0 N–H and O–H groups in total. The number of carbonyl (C=O) groups excluding carboxylic acids is 1. The first-order chi connectivity index (χ1) is 5.83. The number of benzene rings is 1. The van der Waals surface area contributed by atoms with Crippen LogP contribution in [0.2, 0.25) is 0 Å². The zero-order valence-corrected chi connectivity index (χ0v) is 6.95. The predicted molar refractivity (Wildman–Crippen MR) is 47.1 cm³/mol. The lowest BCUT2D eigenvalue weighted by Crippen LogP contribution is -2.09. The number of fused-ring (bicyclic) bond motifs is 1. The highest BCUT2D eigenvalue weighted by Crippen LogP contribution is 2.23. The van der Waals surface area contributed by atoms with E-state index < -0.39 is 0 Å². The zero-order valence-electron chi connectivity index (χ0n) is 6.95. The van der Waals surface area contributed by atoms with Gasteiger partial charge in [0.2, 0.25) is 17.7 Å². The zero-order chi connectivity index (χ0) is 8.55. The van der Waals surface area contributed by atoms with E-state index in [0.29, 0.717) is 0 Å². The summed E-state index contributed by atoms with van der Waals surface area (Å²) in [6.45, 7) is 0. The SMILES string of the molecule is C[N+]1=C(C=O)Cc2ccccc21. The molecule has 0 radical (unpaired) electrons. The Labute approximate surface area is 71.2 Å². The number of carbonyl (C=O) groups is 1. The van der Waals surface area contributed by atoms with Gasteiger partial charge in [-0.2, -0.15) is 4.58 Å². The molecular weight excluding hydrogens is 150 g/mol. The summed E-state index contributed by atoms with van der Waals surface area (Å²) < 4.78 is 1.95. The van der Waals surface area contributed by atoms with Crippen molar-refractivity contribution >= 4 is 17.7 Å². The third-order valence-corrected chi connectivity index (χ3v) is 2.29. The van der Waals surface area contributed by atoms with Gasteiger partial charge in [-0.1, -0.05) is 18.2 Å². The van der Waals surface area contributed by atoms with Crippen molar-refractivity contribution in [3.05, 3.63) is 29.8 Å². The van der Waals surface area contributed by atoms with E-state index in [9.17, 15) is 4.79 Å². The van der Waals surface area contributed by atoms with Crippen molar-refractivity contribution in [2.45, 2.75) is 6.42 Å². The van der Waals surface area contributed by atoms with Gasteiger partial charge in [-0.15, -0.1) is 0 Å². The van der Waals surface area contributed by atoms with E-state index in [2.05, 4.69) is 6.07 Å². The molecule has 0 aromatic heterocycles. The van der Waals surface area contributed by atoms with E-state index in [-0.39, 0.29) is 0 Å². The first-order valence-corrected chi connectivity index (χ1v) is 3.95. The number of rotatable bonds is 1. The van der Waals surface area contributed by atoms with Crippen LogP contribution in [0.4, 0.5) is 5.69 Å². The maximum absolute atomic E-state index is 10.6. The molecule has 0 spiro atoms. The molecule has 2 heteroatoms. The van der Waals surface area contributed by atoms with Crippen LogP contribution in [0.3, 0.4) is 0 Å². The average molecular weight is 160 g/mol. The second kappa shape index (κ2) is 2.55. The number of nitrogens with zero attached hydrogens (tertiary/aromatic N) is 1. The van der Waals surface area contributed by atoms with E-state index in [1.165, 1.54) is 5.56 Å². The number of para-hydroxylation sites is 1. The summed E-state index contributed by atoms with van der Waals surface area (Å²) >= 11 is 0. The molecule has 12 heavy (non-hydrogen) atoms.